The van der Waals surface area contributed by atoms with E-state index >= 15 is 0 Å². The van der Waals surface area contributed by atoms with Crippen molar-refractivity contribution >= 4 is 5.97 Å². The number of rotatable bonds is 9. The average Bonchev–Trinajstić information content (AvgIpc) is 2.64. The summed E-state index contributed by atoms with van der Waals surface area (Å²) in [6.07, 6.45) is -3.93. The van der Waals surface area contributed by atoms with Crippen molar-refractivity contribution in [2.75, 3.05) is 6.61 Å². The van der Waals surface area contributed by atoms with Gasteiger partial charge in [0.1, 0.15) is 11.5 Å². The van der Waals surface area contributed by atoms with Gasteiger partial charge in [-0.05, 0) is 48.6 Å². The first-order valence-electron chi connectivity index (χ1n) is 9.55. The summed E-state index contributed by atoms with van der Waals surface area (Å²) in [7, 11) is 0. The van der Waals surface area contributed by atoms with Crippen LogP contribution < -0.4 is 4.74 Å². The standard InChI is InChI=1S/C22H25F3O4/c1-3-5-6-20(21(27)28-4-2)29-19-12-17(11-18(26)13-19)16-9-7-15(8-10-16)14-22(23,24)25/h7-13,20,26H,3-6,14H2,1-2H3. The van der Waals surface area contributed by atoms with Gasteiger partial charge in [-0.15, -0.1) is 0 Å². The third kappa shape index (κ3) is 7.33. The molecule has 0 amide bonds. The lowest BCUT2D eigenvalue weighted by atomic mass is 10.0. The van der Waals surface area contributed by atoms with Gasteiger partial charge in [-0.1, -0.05) is 37.6 Å². The van der Waals surface area contributed by atoms with E-state index in [0.29, 0.717) is 17.5 Å². The predicted octanol–water partition coefficient (Wildman–Crippen LogP) is 5.66. The number of carbonyl (C=O) groups excluding carboxylic acids is 1. The maximum atomic E-state index is 12.5. The molecule has 0 aliphatic heterocycles. The molecule has 0 fully saturated rings. The van der Waals surface area contributed by atoms with Crippen molar-refractivity contribution in [1.82, 2.24) is 0 Å². The van der Waals surface area contributed by atoms with E-state index in [9.17, 15) is 23.1 Å². The van der Waals surface area contributed by atoms with Crippen LogP contribution in [-0.2, 0) is 16.0 Å². The lowest BCUT2D eigenvalue weighted by Gasteiger charge is -2.18. The lowest BCUT2D eigenvalue weighted by Crippen LogP contribution is -2.29. The van der Waals surface area contributed by atoms with Crippen LogP contribution in [0.3, 0.4) is 0 Å². The summed E-state index contributed by atoms with van der Waals surface area (Å²) >= 11 is 0. The molecule has 2 aromatic carbocycles. The number of halogens is 3. The van der Waals surface area contributed by atoms with Crippen LogP contribution in [0.4, 0.5) is 13.2 Å². The SMILES string of the molecule is CCCCC(Oc1cc(O)cc(-c2ccc(CC(F)(F)F)cc2)c1)C(=O)OCC. The number of phenolic OH excluding ortho intramolecular Hbond substituents is 1. The van der Waals surface area contributed by atoms with Crippen LogP contribution in [0.25, 0.3) is 11.1 Å². The van der Waals surface area contributed by atoms with Crippen LogP contribution >= 0.6 is 0 Å². The Morgan fingerprint density at radius 1 is 1.07 bits per heavy atom. The molecule has 0 bridgehead atoms. The van der Waals surface area contributed by atoms with Crippen molar-refractivity contribution in [3.8, 4) is 22.6 Å². The zero-order chi connectivity index (χ0) is 21.4. The molecule has 1 atom stereocenters. The summed E-state index contributed by atoms with van der Waals surface area (Å²) in [6, 6.07) is 10.4. The first-order valence-corrected chi connectivity index (χ1v) is 9.55. The normalized spacial score (nSPS) is 12.4. The smallest absolute Gasteiger partial charge is 0.393 e. The Labute approximate surface area is 168 Å². The molecule has 0 saturated heterocycles. The van der Waals surface area contributed by atoms with E-state index in [1.165, 1.54) is 24.3 Å². The Hall–Kier alpha value is -2.70. The molecule has 0 radical (unpaired) electrons. The first-order chi connectivity index (χ1) is 13.7. The summed E-state index contributed by atoms with van der Waals surface area (Å²) in [6.45, 7) is 3.95. The average molecular weight is 410 g/mol. The number of unbranched alkanes of at least 4 members (excludes halogenated alkanes) is 1. The Bertz CT molecular complexity index is 801. The number of ether oxygens (including phenoxy) is 2. The molecule has 0 aliphatic carbocycles. The van der Waals surface area contributed by atoms with E-state index in [-0.39, 0.29) is 23.7 Å². The molecule has 29 heavy (non-hydrogen) atoms. The highest BCUT2D eigenvalue weighted by molar-refractivity contribution is 5.75. The van der Waals surface area contributed by atoms with Crippen molar-refractivity contribution < 1.29 is 32.5 Å². The van der Waals surface area contributed by atoms with Gasteiger partial charge in [0.2, 0.25) is 0 Å². The van der Waals surface area contributed by atoms with Crippen molar-refractivity contribution in [2.45, 2.75) is 51.8 Å². The van der Waals surface area contributed by atoms with E-state index in [4.69, 9.17) is 9.47 Å². The fraction of sp³-hybridized carbons (Fsp3) is 0.409. The quantitative estimate of drug-likeness (QED) is 0.542. The number of hydrogen-bond acceptors (Lipinski definition) is 4. The summed E-state index contributed by atoms with van der Waals surface area (Å²) in [5.41, 5.74) is 1.34. The Balaban J connectivity index is 2.22. The molecule has 4 nitrogen and oxygen atoms in total. The third-order valence-corrected chi connectivity index (χ3v) is 4.23. The monoisotopic (exact) mass is 410 g/mol. The van der Waals surface area contributed by atoms with Crippen LogP contribution in [-0.4, -0.2) is 30.0 Å². The van der Waals surface area contributed by atoms with Gasteiger partial charge in [0, 0.05) is 6.07 Å². The van der Waals surface area contributed by atoms with Gasteiger partial charge in [-0.2, -0.15) is 13.2 Å². The molecule has 7 heteroatoms. The van der Waals surface area contributed by atoms with Gasteiger partial charge in [-0.3, -0.25) is 0 Å². The van der Waals surface area contributed by atoms with Gasteiger partial charge < -0.3 is 14.6 Å². The number of benzene rings is 2. The molecule has 0 spiro atoms. The Kier molecular flexibility index (Phi) is 7.93. The molecule has 1 N–H and O–H groups in total. The van der Waals surface area contributed by atoms with Gasteiger partial charge >= 0.3 is 12.1 Å². The maximum absolute atomic E-state index is 12.5. The Morgan fingerprint density at radius 3 is 2.34 bits per heavy atom. The van der Waals surface area contributed by atoms with E-state index in [0.717, 1.165) is 12.8 Å². The first kappa shape index (κ1) is 22.6. The number of alkyl halides is 3. The molecular weight excluding hydrogens is 385 g/mol. The van der Waals surface area contributed by atoms with E-state index in [1.807, 2.05) is 6.92 Å². The fourth-order valence-electron chi connectivity index (χ4n) is 2.88. The number of carbonyl (C=O) groups is 1. The molecule has 2 aromatic rings. The fourth-order valence-corrected chi connectivity index (χ4v) is 2.88. The lowest BCUT2D eigenvalue weighted by molar-refractivity contribution is -0.151. The zero-order valence-electron chi connectivity index (χ0n) is 16.5. The second-order valence-electron chi connectivity index (χ2n) is 6.71. The molecule has 0 aliphatic rings. The van der Waals surface area contributed by atoms with Crippen molar-refractivity contribution in [1.29, 1.82) is 0 Å². The molecule has 1 unspecified atom stereocenters. The number of phenols is 1. The molecule has 158 valence electrons. The number of hydrogen-bond donors (Lipinski definition) is 1. The summed E-state index contributed by atoms with van der Waals surface area (Å²) in [5.74, 6) is -0.258. The second-order valence-corrected chi connectivity index (χ2v) is 6.71. The number of aromatic hydroxyl groups is 1. The summed E-state index contributed by atoms with van der Waals surface area (Å²) in [4.78, 5) is 12.1. The topological polar surface area (TPSA) is 55.8 Å². The van der Waals surface area contributed by atoms with Gasteiger partial charge in [-0.25, -0.2) is 4.79 Å². The molecule has 0 aromatic heterocycles. The summed E-state index contributed by atoms with van der Waals surface area (Å²) < 4.78 is 48.4. The molecule has 0 heterocycles. The molecular formula is C22H25F3O4. The number of esters is 1. The minimum Gasteiger partial charge on any atom is -0.508 e. The maximum Gasteiger partial charge on any atom is 0.393 e. The second kappa shape index (κ2) is 10.2. The minimum absolute atomic E-state index is 0.0741. The van der Waals surface area contributed by atoms with Gasteiger partial charge in [0.05, 0.1) is 13.0 Å². The van der Waals surface area contributed by atoms with E-state index in [1.54, 1.807) is 25.1 Å². The predicted molar refractivity (Wildman–Crippen MR) is 104 cm³/mol. The van der Waals surface area contributed by atoms with Gasteiger partial charge in [0.25, 0.3) is 0 Å². The minimum atomic E-state index is -4.27. The van der Waals surface area contributed by atoms with Crippen LogP contribution in [0.15, 0.2) is 42.5 Å². The molecule has 2 rings (SSSR count). The third-order valence-electron chi connectivity index (χ3n) is 4.23. The molecule has 0 saturated carbocycles. The highest BCUT2D eigenvalue weighted by atomic mass is 19.4. The van der Waals surface area contributed by atoms with Crippen molar-refractivity contribution in [3.63, 3.8) is 0 Å². The van der Waals surface area contributed by atoms with Crippen LogP contribution in [0.2, 0.25) is 0 Å². The van der Waals surface area contributed by atoms with Crippen molar-refractivity contribution in [3.05, 3.63) is 48.0 Å². The largest absolute Gasteiger partial charge is 0.508 e. The van der Waals surface area contributed by atoms with Crippen molar-refractivity contribution in [2.24, 2.45) is 0 Å². The van der Waals surface area contributed by atoms with E-state index < -0.39 is 24.7 Å². The Morgan fingerprint density at radius 2 is 1.76 bits per heavy atom. The van der Waals surface area contributed by atoms with Crippen LogP contribution in [0.1, 0.15) is 38.7 Å². The van der Waals surface area contributed by atoms with Crippen LogP contribution in [0.5, 0.6) is 11.5 Å². The highest BCUT2D eigenvalue weighted by Gasteiger charge is 2.27. The van der Waals surface area contributed by atoms with Gasteiger partial charge in [0.15, 0.2) is 6.10 Å². The summed E-state index contributed by atoms with van der Waals surface area (Å²) in [5, 5.41) is 10.0. The highest BCUT2D eigenvalue weighted by Crippen LogP contribution is 2.31. The van der Waals surface area contributed by atoms with E-state index in [2.05, 4.69) is 0 Å². The van der Waals surface area contributed by atoms with Crippen LogP contribution in [0, 0.1) is 0 Å². The zero-order valence-corrected chi connectivity index (χ0v) is 16.5.